The van der Waals surface area contributed by atoms with Crippen LogP contribution in [0.5, 0.6) is 5.88 Å². The van der Waals surface area contributed by atoms with Crippen LogP contribution in [0.3, 0.4) is 0 Å². The molecule has 0 radical (unpaired) electrons. The quantitative estimate of drug-likeness (QED) is 0.818. The highest BCUT2D eigenvalue weighted by atomic mass is 16.5. The largest absolute Gasteiger partial charge is 0.480 e. The van der Waals surface area contributed by atoms with Crippen molar-refractivity contribution in [3.8, 4) is 29.1 Å². The lowest BCUT2D eigenvalue weighted by molar-refractivity contribution is 0.0699. The first-order chi connectivity index (χ1) is 13.5. The summed E-state index contributed by atoms with van der Waals surface area (Å²) in [5.41, 5.74) is 4.35. The average molecular weight is 374 g/mol. The third kappa shape index (κ3) is 3.54. The molecule has 1 aromatic heterocycles. The number of hydrogen-bond acceptors (Lipinski definition) is 5. The van der Waals surface area contributed by atoms with E-state index in [0.717, 1.165) is 35.2 Å². The molecule has 1 saturated heterocycles. The summed E-state index contributed by atoms with van der Waals surface area (Å²) in [7, 11) is 1.50. The minimum Gasteiger partial charge on any atom is -0.480 e. The molecular weight excluding hydrogens is 352 g/mol. The van der Waals surface area contributed by atoms with Gasteiger partial charge in [0.05, 0.1) is 19.1 Å². The standard InChI is InChI=1S/C22H22N4O2/c1-14-19(12-24)21(28-3)25-15(2)20(14)17-6-8-18(9-7-17)22(27)26-10-4-5-16(11-23)13-26/h6-9,16H,4-5,10,13H2,1-3H3/t16-/m0/s1. The summed E-state index contributed by atoms with van der Waals surface area (Å²) in [5, 5.41) is 18.6. The molecule has 0 aliphatic carbocycles. The summed E-state index contributed by atoms with van der Waals surface area (Å²) in [6.07, 6.45) is 1.71. The number of amides is 1. The van der Waals surface area contributed by atoms with Crippen molar-refractivity contribution in [2.24, 2.45) is 5.92 Å². The molecule has 1 atom stereocenters. The molecule has 1 aliphatic heterocycles. The van der Waals surface area contributed by atoms with Gasteiger partial charge < -0.3 is 9.64 Å². The summed E-state index contributed by atoms with van der Waals surface area (Å²) in [4.78, 5) is 18.9. The number of nitrogens with zero attached hydrogens (tertiary/aromatic N) is 4. The van der Waals surface area contributed by atoms with Crippen molar-refractivity contribution in [3.63, 3.8) is 0 Å². The van der Waals surface area contributed by atoms with E-state index in [-0.39, 0.29) is 11.8 Å². The van der Waals surface area contributed by atoms with Gasteiger partial charge >= 0.3 is 0 Å². The number of ether oxygens (including phenoxy) is 1. The van der Waals surface area contributed by atoms with Crippen molar-refractivity contribution in [2.75, 3.05) is 20.2 Å². The van der Waals surface area contributed by atoms with Gasteiger partial charge in [-0.15, -0.1) is 0 Å². The molecule has 0 bridgehead atoms. The predicted octanol–water partition coefficient (Wildman–Crippen LogP) is 3.62. The zero-order valence-electron chi connectivity index (χ0n) is 16.3. The molecule has 2 aromatic rings. The van der Waals surface area contributed by atoms with Crippen LogP contribution in [0, 0.1) is 42.4 Å². The highest BCUT2D eigenvalue weighted by molar-refractivity contribution is 5.95. The van der Waals surface area contributed by atoms with Crippen molar-refractivity contribution >= 4 is 5.91 Å². The van der Waals surface area contributed by atoms with Gasteiger partial charge in [-0.1, -0.05) is 12.1 Å². The Hall–Kier alpha value is -3.38. The van der Waals surface area contributed by atoms with Gasteiger partial charge in [-0.25, -0.2) is 4.98 Å². The van der Waals surface area contributed by atoms with Crippen LogP contribution in [0.1, 0.15) is 40.0 Å². The van der Waals surface area contributed by atoms with Crippen molar-refractivity contribution in [3.05, 3.63) is 46.6 Å². The van der Waals surface area contributed by atoms with Crippen LogP contribution >= 0.6 is 0 Å². The molecule has 1 fully saturated rings. The molecule has 0 unspecified atom stereocenters. The Balaban J connectivity index is 1.91. The fraction of sp³-hybridized carbons (Fsp3) is 0.364. The van der Waals surface area contributed by atoms with Gasteiger partial charge in [-0.3, -0.25) is 4.79 Å². The third-order valence-electron chi connectivity index (χ3n) is 5.21. The van der Waals surface area contributed by atoms with E-state index in [4.69, 9.17) is 10.00 Å². The number of rotatable bonds is 3. The summed E-state index contributed by atoms with van der Waals surface area (Å²) in [6, 6.07) is 11.8. The summed E-state index contributed by atoms with van der Waals surface area (Å²) in [6.45, 7) is 4.93. The molecule has 3 rings (SSSR count). The Kier molecular flexibility index (Phi) is 5.61. The minimum absolute atomic E-state index is 0.0505. The number of carbonyl (C=O) groups excluding carboxylic acids is 1. The molecule has 28 heavy (non-hydrogen) atoms. The number of aromatic nitrogens is 1. The number of nitriles is 2. The Labute approximate surface area is 165 Å². The first kappa shape index (κ1) is 19.4. The molecule has 142 valence electrons. The highest BCUT2D eigenvalue weighted by Crippen LogP contribution is 2.32. The number of methoxy groups -OCH3 is 1. The van der Waals surface area contributed by atoms with Gasteiger partial charge in [-0.05, 0) is 49.9 Å². The molecule has 0 saturated carbocycles. The minimum atomic E-state index is -0.0861. The monoisotopic (exact) mass is 374 g/mol. The Bertz CT molecular complexity index is 984. The second-order valence-corrected chi connectivity index (χ2v) is 6.99. The number of aryl methyl sites for hydroxylation is 1. The van der Waals surface area contributed by atoms with E-state index < -0.39 is 0 Å². The molecular formula is C22H22N4O2. The maximum absolute atomic E-state index is 12.8. The molecule has 1 amide bonds. The SMILES string of the molecule is COc1nc(C)c(-c2ccc(C(=O)N3CCC[C@@H](C#N)C3)cc2)c(C)c1C#N. The maximum Gasteiger partial charge on any atom is 0.253 e. The zero-order chi connectivity index (χ0) is 20.3. The lowest BCUT2D eigenvalue weighted by atomic mass is 9.95. The number of likely N-dealkylation sites (tertiary alicyclic amines) is 1. The Morgan fingerprint density at radius 3 is 2.57 bits per heavy atom. The van der Waals surface area contributed by atoms with Crippen molar-refractivity contribution in [1.82, 2.24) is 9.88 Å². The number of benzene rings is 1. The smallest absolute Gasteiger partial charge is 0.253 e. The van der Waals surface area contributed by atoms with E-state index in [2.05, 4.69) is 17.1 Å². The average Bonchev–Trinajstić information content (AvgIpc) is 2.73. The summed E-state index contributed by atoms with van der Waals surface area (Å²) in [5.74, 6) is 0.188. The Morgan fingerprint density at radius 1 is 1.25 bits per heavy atom. The van der Waals surface area contributed by atoms with Gasteiger partial charge in [0.15, 0.2) is 0 Å². The number of piperidine rings is 1. The van der Waals surface area contributed by atoms with E-state index in [1.54, 1.807) is 17.0 Å². The van der Waals surface area contributed by atoms with E-state index in [1.165, 1.54) is 7.11 Å². The summed E-state index contributed by atoms with van der Waals surface area (Å²) >= 11 is 0. The van der Waals surface area contributed by atoms with Gasteiger partial charge in [0, 0.05) is 29.9 Å². The lowest BCUT2D eigenvalue weighted by Gasteiger charge is -2.29. The van der Waals surface area contributed by atoms with Crippen molar-refractivity contribution in [2.45, 2.75) is 26.7 Å². The van der Waals surface area contributed by atoms with Crippen LogP contribution in [-0.2, 0) is 0 Å². The third-order valence-corrected chi connectivity index (χ3v) is 5.21. The van der Waals surface area contributed by atoms with Crippen LogP contribution in [0.25, 0.3) is 11.1 Å². The molecule has 1 aliphatic rings. The fourth-order valence-corrected chi connectivity index (χ4v) is 3.75. The van der Waals surface area contributed by atoms with E-state index in [0.29, 0.717) is 30.1 Å². The molecule has 0 spiro atoms. The second kappa shape index (κ2) is 8.10. The van der Waals surface area contributed by atoms with Gasteiger partial charge in [0.25, 0.3) is 5.91 Å². The highest BCUT2D eigenvalue weighted by Gasteiger charge is 2.24. The molecule has 6 heteroatoms. The first-order valence-corrected chi connectivity index (χ1v) is 9.24. The molecule has 0 N–H and O–H groups in total. The lowest BCUT2D eigenvalue weighted by Crippen LogP contribution is -2.39. The van der Waals surface area contributed by atoms with Crippen molar-refractivity contribution in [1.29, 1.82) is 10.5 Å². The van der Waals surface area contributed by atoms with Gasteiger partial charge in [-0.2, -0.15) is 10.5 Å². The molecule has 1 aromatic carbocycles. The van der Waals surface area contributed by atoms with Crippen LogP contribution in [0.4, 0.5) is 0 Å². The van der Waals surface area contributed by atoms with Crippen LogP contribution in [0.2, 0.25) is 0 Å². The van der Waals surface area contributed by atoms with Crippen molar-refractivity contribution < 1.29 is 9.53 Å². The maximum atomic E-state index is 12.8. The molecule has 6 nitrogen and oxygen atoms in total. The topological polar surface area (TPSA) is 90.0 Å². The second-order valence-electron chi connectivity index (χ2n) is 6.99. The van der Waals surface area contributed by atoms with E-state index in [1.807, 2.05) is 26.0 Å². The molecule has 2 heterocycles. The zero-order valence-corrected chi connectivity index (χ0v) is 16.3. The number of pyridine rings is 1. The number of carbonyl (C=O) groups is 1. The van der Waals surface area contributed by atoms with Gasteiger partial charge in [0.2, 0.25) is 5.88 Å². The number of hydrogen-bond donors (Lipinski definition) is 0. The van der Waals surface area contributed by atoms with Crippen LogP contribution in [0.15, 0.2) is 24.3 Å². The normalized spacial score (nSPS) is 16.2. The Morgan fingerprint density at radius 2 is 1.96 bits per heavy atom. The summed E-state index contributed by atoms with van der Waals surface area (Å²) < 4.78 is 5.22. The van der Waals surface area contributed by atoms with E-state index >= 15 is 0 Å². The fourth-order valence-electron chi connectivity index (χ4n) is 3.75. The van der Waals surface area contributed by atoms with Gasteiger partial charge in [0.1, 0.15) is 11.6 Å². The van der Waals surface area contributed by atoms with Crippen LogP contribution < -0.4 is 4.74 Å². The predicted molar refractivity (Wildman–Crippen MR) is 105 cm³/mol. The van der Waals surface area contributed by atoms with E-state index in [9.17, 15) is 10.1 Å². The van der Waals surface area contributed by atoms with Crippen LogP contribution in [-0.4, -0.2) is 36.0 Å². The first-order valence-electron chi connectivity index (χ1n) is 9.24.